The second-order valence-corrected chi connectivity index (χ2v) is 4.33. The Hall–Kier alpha value is -1.06. The standard InChI is InChI=1S/C14H23NO2/c1-15(11-4-12-16)10-3-5-13-6-8-14(17-2)9-7-13/h6-9,16H,3-5,10-12H2,1-2H3. The highest BCUT2D eigenvalue weighted by atomic mass is 16.5. The molecule has 0 radical (unpaired) electrons. The fraction of sp³-hybridized carbons (Fsp3) is 0.571. The van der Waals surface area contributed by atoms with Crippen LogP contribution >= 0.6 is 0 Å². The summed E-state index contributed by atoms with van der Waals surface area (Å²) in [5.41, 5.74) is 1.35. The van der Waals surface area contributed by atoms with Crippen LogP contribution in [0, 0.1) is 0 Å². The third-order valence-corrected chi connectivity index (χ3v) is 2.86. The van der Waals surface area contributed by atoms with Gasteiger partial charge >= 0.3 is 0 Å². The summed E-state index contributed by atoms with van der Waals surface area (Å²) in [6.45, 7) is 2.33. The Bertz CT molecular complexity index is 298. The average molecular weight is 237 g/mol. The zero-order chi connectivity index (χ0) is 12.5. The van der Waals surface area contributed by atoms with E-state index in [-0.39, 0.29) is 6.61 Å². The lowest BCUT2D eigenvalue weighted by Crippen LogP contribution is -2.22. The highest BCUT2D eigenvalue weighted by Crippen LogP contribution is 2.12. The third-order valence-electron chi connectivity index (χ3n) is 2.86. The highest BCUT2D eigenvalue weighted by molar-refractivity contribution is 5.27. The molecule has 0 unspecified atom stereocenters. The Kier molecular flexibility index (Phi) is 6.67. The maximum absolute atomic E-state index is 8.73. The first-order valence-electron chi connectivity index (χ1n) is 6.18. The van der Waals surface area contributed by atoms with Gasteiger partial charge in [-0.05, 0) is 50.6 Å². The summed E-state index contributed by atoms with van der Waals surface area (Å²) < 4.78 is 5.12. The first-order chi connectivity index (χ1) is 8.26. The summed E-state index contributed by atoms with van der Waals surface area (Å²) in [6.07, 6.45) is 3.10. The van der Waals surface area contributed by atoms with Crippen molar-refractivity contribution >= 4 is 0 Å². The van der Waals surface area contributed by atoms with Crippen LogP contribution in [0.5, 0.6) is 5.75 Å². The molecule has 0 saturated heterocycles. The largest absolute Gasteiger partial charge is 0.497 e. The number of rotatable bonds is 8. The smallest absolute Gasteiger partial charge is 0.118 e. The molecule has 0 amide bonds. The number of hydrogen-bond donors (Lipinski definition) is 1. The second kappa shape index (κ2) is 8.09. The van der Waals surface area contributed by atoms with E-state index in [9.17, 15) is 0 Å². The summed E-state index contributed by atoms with van der Waals surface area (Å²) in [5.74, 6) is 0.911. The molecule has 0 aliphatic rings. The SMILES string of the molecule is COc1ccc(CCCN(C)CCCO)cc1. The summed E-state index contributed by atoms with van der Waals surface area (Å²) in [7, 11) is 3.79. The van der Waals surface area contributed by atoms with Gasteiger partial charge in [0, 0.05) is 13.2 Å². The Balaban J connectivity index is 2.21. The van der Waals surface area contributed by atoms with Crippen molar-refractivity contribution in [1.29, 1.82) is 0 Å². The zero-order valence-electron chi connectivity index (χ0n) is 10.9. The van der Waals surface area contributed by atoms with Gasteiger partial charge in [0.2, 0.25) is 0 Å². The van der Waals surface area contributed by atoms with E-state index in [1.807, 2.05) is 12.1 Å². The van der Waals surface area contributed by atoms with Gasteiger partial charge in [0.25, 0.3) is 0 Å². The first-order valence-corrected chi connectivity index (χ1v) is 6.18. The van der Waals surface area contributed by atoms with E-state index in [0.29, 0.717) is 0 Å². The zero-order valence-corrected chi connectivity index (χ0v) is 10.9. The maximum atomic E-state index is 8.73. The second-order valence-electron chi connectivity index (χ2n) is 4.33. The van der Waals surface area contributed by atoms with Crippen LogP contribution in [0.3, 0.4) is 0 Å². The molecule has 0 aliphatic carbocycles. The van der Waals surface area contributed by atoms with E-state index < -0.39 is 0 Å². The average Bonchev–Trinajstić information content (AvgIpc) is 2.37. The molecule has 0 aromatic heterocycles. The van der Waals surface area contributed by atoms with Crippen molar-refractivity contribution in [3.63, 3.8) is 0 Å². The van der Waals surface area contributed by atoms with Crippen LogP contribution in [0.2, 0.25) is 0 Å². The molecular formula is C14H23NO2. The number of ether oxygens (including phenoxy) is 1. The van der Waals surface area contributed by atoms with Crippen LogP contribution in [0.25, 0.3) is 0 Å². The van der Waals surface area contributed by atoms with Crippen LogP contribution in [-0.2, 0) is 6.42 Å². The highest BCUT2D eigenvalue weighted by Gasteiger charge is 1.99. The third kappa shape index (κ3) is 5.71. The minimum atomic E-state index is 0.281. The Labute approximate surface area is 104 Å². The summed E-state index contributed by atoms with van der Waals surface area (Å²) in [6, 6.07) is 8.24. The predicted octanol–water partition coefficient (Wildman–Crippen LogP) is 1.94. The summed E-state index contributed by atoms with van der Waals surface area (Å²) in [4.78, 5) is 2.26. The molecule has 96 valence electrons. The number of methoxy groups -OCH3 is 1. The van der Waals surface area contributed by atoms with Crippen molar-refractivity contribution in [2.45, 2.75) is 19.3 Å². The maximum Gasteiger partial charge on any atom is 0.118 e. The van der Waals surface area contributed by atoms with E-state index in [4.69, 9.17) is 9.84 Å². The number of nitrogens with zero attached hydrogens (tertiary/aromatic N) is 1. The Morgan fingerprint density at radius 1 is 1.12 bits per heavy atom. The van der Waals surface area contributed by atoms with Gasteiger partial charge in [-0.2, -0.15) is 0 Å². The normalized spacial score (nSPS) is 10.8. The van der Waals surface area contributed by atoms with Gasteiger partial charge in [0.15, 0.2) is 0 Å². The van der Waals surface area contributed by atoms with Crippen molar-refractivity contribution in [3.05, 3.63) is 29.8 Å². The predicted molar refractivity (Wildman–Crippen MR) is 70.5 cm³/mol. The summed E-state index contributed by atoms with van der Waals surface area (Å²) in [5, 5.41) is 8.73. The monoisotopic (exact) mass is 237 g/mol. The lowest BCUT2D eigenvalue weighted by molar-refractivity contribution is 0.246. The van der Waals surface area contributed by atoms with Gasteiger partial charge in [-0.1, -0.05) is 12.1 Å². The van der Waals surface area contributed by atoms with Crippen LogP contribution < -0.4 is 4.74 Å². The number of aliphatic hydroxyl groups is 1. The first kappa shape index (κ1) is 14.0. The molecule has 0 heterocycles. The van der Waals surface area contributed by atoms with Gasteiger partial charge in [0.1, 0.15) is 5.75 Å². The van der Waals surface area contributed by atoms with Crippen molar-refractivity contribution in [1.82, 2.24) is 4.90 Å². The lowest BCUT2D eigenvalue weighted by atomic mass is 10.1. The minimum Gasteiger partial charge on any atom is -0.497 e. The van der Waals surface area contributed by atoms with Crippen molar-refractivity contribution in [2.24, 2.45) is 0 Å². The molecule has 0 spiro atoms. The number of hydrogen-bond acceptors (Lipinski definition) is 3. The van der Waals surface area contributed by atoms with Gasteiger partial charge in [-0.3, -0.25) is 0 Å². The van der Waals surface area contributed by atoms with E-state index in [0.717, 1.165) is 38.1 Å². The Morgan fingerprint density at radius 3 is 2.35 bits per heavy atom. The minimum absolute atomic E-state index is 0.281. The number of aliphatic hydroxyl groups excluding tert-OH is 1. The van der Waals surface area contributed by atoms with Crippen molar-refractivity contribution < 1.29 is 9.84 Å². The molecule has 1 aromatic carbocycles. The topological polar surface area (TPSA) is 32.7 Å². The van der Waals surface area contributed by atoms with Crippen LogP contribution in [0.4, 0.5) is 0 Å². The number of benzene rings is 1. The van der Waals surface area contributed by atoms with Gasteiger partial charge in [-0.25, -0.2) is 0 Å². The molecule has 1 rings (SSSR count). The van der Waals surface area contributed by atoms with Crippen molar-refractivity contribution in [3.8, 4) is 5.75 Å². The molecule has 0 saturated carbocycles. The molecular weight excluding hydrogens is 214 g/mol. The molecule has 0 atom stereocenters. The Morgan fingerprint density at radius 2 is 1.76 bits per heavy atom. The molecule has 1 aromatic rings. The van der Waals surface area contributed by atoms with Crippen LogP contribution in [0.15, 0.2) is 24.3 Å². The van der Waals surface area contributed by atoms with E-state index in [1.165, 1.54) is 5.56 Å². The quantitative estimate of drug-likeness (QED) is 0.750. The van der Waals surface area contributed by atoms with Gasteiger partial charge < -0.3 is 14.7 Å². The van der Waals surface area contributed by atoms with E-state index in [1.54, 1.807) is 7.11 Å². The molecule has 17 heavy (non-hydrogen) atoms. The number of aryl methyl sites for hydroxylation is 1. The fourth-order valence-corrected chi connectivity index (χ4v) is 1.80. The van der Waals surface area contributed by atoms with Crippen LogP contribution in [-0.4, -0.2) is 43.9 Å². The molecule has 0 fully saturated rings. The molecule has 0 aliphatic heterocycles. The lowest BCUT2D eigenvalue weighted by Gasteiger charge is -2.15. The van der Waals surface area contributed by atoms with Crippen LogP contribution in [0.1, 0.15) is 18.4 Å². The molecule has 1 N–H and O–H groups in total. The van der Waals surface area contributed by atoms with Crippen molar-refractivity contribution in [2.75, 3.05) is 33.9 Å². The van der Waals surface area contributed by atoms with E-state index >= 15 is 0 Å². The molecule has 3 nitrogen and oxygen atoms in total. The van der Waals surface area contributed by atoms with Gasteiger partial charge in [-0.15, -0.1) is 0 Å². The van der Waals surface area contributed by atoms with Gasteiger partial charge in [0.05, 0.1) is 7.11 Å². The summed E-state index contributed by atoms with van der Waals surface area (Å²) >= 11 is 0. The molecule has 0 bridgehead atoms. The molecule has 3 heteroatoms. The van der Waals surface area contributed by atoms with E-state index in [2.05, 4.69) is 24.1 Å². The fourth-order valence-electron chi connectivity index (χ4n) is 1.80.